The summed E-state index contributed by atoms with van der Waals surface area (Å²) in [6.07, 6.45) is 3.92. The van der Waals surface area contributed by atoms with Crippen LogP contribution in [0.15, 0.2) is 18.2 Å². The number of carbonyl (C=O) groups excluding carboxylic acids is 5. The van der Waals surface area contributed by atoms with Gasteiger partial charge < -0.3 is 19.7 Å². The first-order chi connectivity index (χ1) is 21.4. The second-order valence-corrected chi connectivity index (χ2v) is 11.8. The van der Waals surface area contributed by atoms with E-state index >= 15 is 0 Å². The van der Waals surface area contributed by atoms with Crippen LogP contribution < -0.4 is 10.6 Å². The number of amides is 5. The van der Waals surface area contributed by atoms with Gasteiger partial charge >= 0.3 is 6.09 Å². The molecule has 4 heterocycles. The molecule has 2 N–H and O–H groups in total. The first kappa shape index (κ1) is 31.9. The molecule has 1 aromatic rings. The van der Waals surface area contributed by atoms with E-state index in [1.165, 1.54) is 0 Å². The zero-order chi connectivity index (χ0) is 31.1. The average molecular weight is 613 g/mol. The second-order valence-electron chi connectivity index (χ2n) is 11.8. The molecule has 1 atom stereocenters. The summed E-state index contributed by atoms with van der Waals surface area (Å²) in [6.45, 7) is 10.4. The van der Waals surface area contributed by atoms with Crippen molar-refractivity contribution in [3.63, 3.8) is 0 Å². The molecule has 3 fully saturated rings. The van der Waals surface area contributed by atoms with E-state index in [-0.39, 0.29) is 30.1 Å². The molecule has 13 heteroatoms. The van der Waals surface area contributed by atoms with Crippen molar-refractivity contribution in [1.82, 2.24) is 24.9 Å². The first-order valence-corrected chi connectivity index (χ1v) is 15.9. The fraction of sp³-hybridized carbons (Fsp3) is 0.645. The summed E-state index contributed by atoms with van der Waals surface area (Å²) in [5, 5.41) is 5.43. The van der Waals surface area contributed by atoms with Gasteiger partial charge in [-0.05, 0) is 37.8 Å². The Hall–Kier alpha value is -3.55. The molecule has 4 aliphatic rings. The van der Waals surface area contributed by atoms with Crippen LogP contribution >= 0.6 is 0 Å². The van der Waals surface area contributed by atoms with Crippen molar-refractivity contribution in [2.45, 2.75) is 57.5 Å². The maximum atomic E-state index is 13.2. The van der Waals surface area contributed by atoms with Gasteiger partial charge in [-0.25, -0.2) is 4.79 Å². The van der Waals surface area contributed by atoms with Gasteiger partial charge in [-0.15, -0.1) is 0 Å². The van der Waals surface area contributed by atoms with Crippen LogP contribution in [-0.2, 0) is 19.1 Å². The summed E-state index contributed by atoms with van der Waals surface area (Å²) in [5.74, 6) is -2.07. The van der Waals surface area contributed by atoms with E-state index in [1.807, 2.05) is 4.90 Å². The van der Waals surface area contributed by atoms with Crippen molar-refractivity contribution in [1.29, 1.82) is 0 Å². The predicted molar refractivity (Wildman–Crippen MR) is 161 cm³/mol. The van der Waals surface area contributed by atoms with Crippen LogP contribution in [-0.4, -0.2) is 134 Å². The molecule has 44 heavy (non-hydrogen) atoms. The van der Waals surface area contributed by atoms with Crippen LogP contribution in [0.2, 0.25) is 0 Å². The number of nitrogens with one attached hydrogen (secondary N) is 2. The number of piperazine rings is 1. The molecule has 0 saturated carbocycles. The lowest BCUT2D eigenvalue weighted by Gasteiger charge is -2.42. The number of fused-ring (bicyclic) bond motifs is 1. The maximum Gasteiger partial charge on any atom is 0.409 e. The van der Waals surface area contributed by atoms with Crippen molar-refractivity contribution < 1.29 is 33.4 Å². The molecular formula is C31H44N6O7. The van der Waals surface area contributed by atoms with E-state index in [1.54, 1.807) is 18.2 Å². The SMILES string of the molecule is CCCCOC(=O)N1CCC(N2CCN(CCOCCNc3cccc4c3C(=O)N(C3CCC(=O)NC3=O)C4=O)CC2)CC1. The molecule has 13 nitrogen and oxygen atoms in total. The van der Waals surface area contributed by atoms with Gasteiger partial charge in [0.05, 0.1) is 30.9 Å². The van der Waals surface area contributed by atoms with Gasteiger partial charge in [0.2, 0.25) is 11.8 Å². The first-order valence-electron chi connectivity index (χ1n) is 15.9. The van der Waals surface area contributed by atoms with Crippen LogP contribution in [0, 0.1) is 0 Å². The number of anilines is 1. The Morgan fingerprint density at radius 3 is 2.45 bits per heavy atom. The highest BCUT2D eigenvalue weighted by atomic mass is 16.6. The van der Waals surface area contributed by atoms with Crippen LogP contribution in [0.4, 0.5) is 10.5 Å². The number of hydrogen-bond acceptors (Lipinski definition) is 10. The number of hydrogen-bond donors (Lipinski definition) is 2. The van der Waals surface area contributed by atoms with E-state index in [0.717, 1.165) is 76.4 Å². The van der Waals surface area contributed by atoms with Crippen LogP contribution in [0.3, 0.4) is 0 Å². The third kappa shape index (κ3) is 7.39. The number of rotatable bonds is 12. The molecule has 1 aromatic carbocycles. The minimum Gasteiger partial charge on any atom is -0.449 e. The van der Waals surface area contributed by atoms with E-state index in [2.05, 4.69) is 27.4 Å². The molecule has 240 valence electrons. The summed E-state index contributed by atoms with van der Waals surface area (Å²) >= 11 is 0. The number of ether oxygens (including phenoxy) is 2. The zero-order valence-electron chi connectivity index (χ0n) is 25.6. The van der Waals surface area contributed by atoms with Crippen LogP contribution in [0.5, 0.6) is 0 Å². The highest BCUT2D eigenvalue weighted by Crippen LogP contribution is 2.32. The molecule has 1 unspecified atom stereocenters. The van der Waals surface area contributed by atoms with Gasteiger partial charge in [0.1, 0.15) is 6.04 Å². The van der Waals surface area contributed by atoms with Gasteiger partial charge in [-0.3, -0.25) is 39.2 Å². The minimum atomic E-state index is -0.989. The van der Waals surface area contributed by atoms with Gasteiger partial charge in [-0.1, -0.05) is 19.4 Å². The third-order valence-electron chi connectivity index (χ3n) is 8.95. The number of imide groups is 2. The van der Waals surface area contributed by atoms with Crippen molar-refractivity contribution >= 4 is 35.4 Å². The van der Waals surface area contributed by atoms with Crippen molar-refractivity contribution in [3.8, 4) is 0 Å². The Labute approximate surface area is 258 Å². The normalized spacial score (nSPS) is 21.9. The zero-order valence-corrected chi connectivity index (χ0v) is 25.6. The summed E-state index contributed by atoms with van der Waals surface area (Å²) in [6, 6.07) is 4.54. The van der Waals surface area contributed by atoms with Crippen LogP contribution in [0.25, 0.3) is 0 Å². The number of piperidine rings is 2. The maximum absolute atomic E-state index is 13.2. The molecule has 0 spiro atoms. The Morgan fingerprint density at radius 2 is 1.73 bits per heavy atom. The minimum absolute atomic E-state index is 0.0833. The number of likely N-dealkylation sites (tertiary alicyclic amines) is 1. The monoisotopic (exact) mass is 612 g/mol. The van der Waals surface area contributed by atoms with E-state index < -0.39 is 29.7 Å². The number of nitrogens with zero attached hydrogens (tertiary/aromatic N) is 4. The highest BCUT2D eigenvalue weighted by molar-refractivity contribution is 6.25. The Balaban J connectivity index is 0.979. The molecule has 0 bridgehead atoms. The summed E-state index contributed by atoms with van der Waals surface area (Å²) in [5.41, 5.74) is 1.02. The second kappa shape index (κ2) is 15.0. The molecule has 0 radical (unpaired) electrons. The Kier molecular flexibility index (Phi) is 10.8. The fourth-order valence-electron chi connectivity index (χ4n) is 6.38. The molecule has 5 rings (SSSR count). The van der Waals surface area contributed by atoms with Crippen molar-refractivity contribution in [2.75, 3.05) is 77.5 Å². The third-order valence-corrected chi connectivity index (χ3v) is 8.95. The van der Waals surface area contributed by atoms with Gasteiger partial charge in [-0.2, -0.15) is 0 Å². The lowest BCUT2D eigenvalue weighted by atomic mass is 10.0. The van der Waals surface area contributed by atoms with Crippen molar-refractivity contribution in [2.24, 2.45) is 0 Å². The summed E-state index contributed by atoms with van der Waals surface area (Å²) < 4.78 is 11.2. The van der Waals surface area contributed by atoms with Crippen molar-refractivity contribution in [3.05, 3.63) is 29.3 Å². The molecule has 3 saturated heterocycles. The standard InChI is InChI=1S/C31H44N6O7/c1-2-3-19-44-31(42)36-12-9-22(10-13-36)35-16-14-34(15-17-35)18-21-43-20-11-32-24-6-4-5-23-27(24)30(41)37(29(23)40)25-7-8-26(38)33-28(25)39/h4-6,22,25,32H,2-3,7-21H2,1H3,(H,33,38,39). The fourth-order valence-corrected chi connectivity index (χ4v) is 6.38. The number of unbranched alkanes of at least 4 members (excludes halogenated alkanes) is 1. The highest BCUT2D eigenvalue weighted by Gasteiger charge is 2.45. The molecule has 5 amide bonds. The van der Waals surface area contributed by atoms with Gasteiger partial charge in [0.15, 0.2) is 0 Å². The number of benzene rings is 1. The van der Waals surface area contributed by atoms with E-state index in [4.69, 9.17) is 9.47 Å². The smallest absolute Gasteiger partial charge is 0.409 e. The summed E-state index contributed by atoms with van der Waals surface area (Å²) in [4.78, 5) is 70.0. The molecular weight excluding hydrogens is 568 g/mol. The molecule has 4 aliphatic heterocycles. The Morgan fingerprint density at radius 1 is 0.955 bits per heavy atom. The molecule has 0 aliphatic carbocycles. The molecule has 0 aromatic heterocycles. The van der Waals surface area contributed by atoms with Crippen LogP contribution in [0.1, 0.15) is 66.2 Å². The largest absolute Gasteiger partial charge is 0.449 e. The number of carbonyl (C=O) groups is 5. The van der Waals surface area contributed by atoms with Gasteiger partial charge in [0, 0.05) is 70.5 Å². The van der Waals surface area contributed by atoms with E-state index in [9.17, 15) is 24.0 Å². The lowest BCUT2D eigenvalue weighted by molar-refractivity contribution is -0.136. The van der Waals surface area contributed by atoms with E-state index in [0.29, 0.717) is 38.1 Å². The Bertz CT molecular complexity index is 1230. The quantitative estimate of drug-likeness (QED) is 0.264. The summed E-state index contributed by atoms with van der Waals surface area (Å²) in [7, 11) is 0. The van der Waals surface area contributed by atoms with Gasteiger partial charge in [0.25, 0.3) is 11.8 Å². The predicted octanol–water partition coefficient (Wildman–Crippen LogP) is 1.54. The topological polar surface area (TPSA) is 141 Å². The lowest BCUT2D eigenvalue weighted by Crippen LogP contribution is -2.54. The average Bonchev–Trinajstić information content (AvgIpc) is 3.29.